The highest BCUT2D eigenvalue weighted by Gasteiger charge is 2.23. The third-order valence-electron chi connectivity index (χ3n) is 2.73. The molecule has 10 heavy (non-hydrogen) atoms. The van der Waals surface area contributed by atoms with E-state index in [0.717, 1.165) is 11.8 Å². The lowest BCUT2D eigenvalue weighted by Gasteiger charge is -2.32. The first-order valence-corrected chi connectivity index (χ1v) is 4.53. The standard InChI is InChI=1S/C10H19/c1-8(2)7-9(3)10-5-4-6-10/h8-10H,1,4-7H2,2-3H3. The highest BCUT2D eigenvalue weighted by Crippen LogP contribution is 2.35. The van der Waals surface area contributed by atoms with E-state index in [-0.39, 0.29) is 0 Å². The van der Waals surface area contributed by atoms with Crippen molar-refractivity contribution in [3.63, 3.8) is 0 Å². The second-order valence-electron chi connectivity index (χ2n) is 4.01. The van der Waals surface area contributed by atoms with E-state index in [2.05, 4.69) is 20.8 Å². The smallest absolute Gasteiger partial charge is 0.0388 e. The normalized spacial score (nSPS) is 22.8. The summed E-state index contributed by atoms with van der Waals surface area (Å²) < 4.78 is 0. The minimum Gasteiger partial charge on any atom is -0.0625 e. The predicted octanol–water partition coefficient (Wildman–Crippen LogP) is 3.28. The Morgan fingerprint density at radius 1 is 1.40 bits per heavy atom. The van der Waals surface area contributed by atoms with Crippen molar-refractivity contribution >= 4 is 0 Å². The van der Waals surface area contributed by atoms with Gasteiger partial charge in [-0.25, -0.2) is 0 Å². The molecule has 1 aliphatic carbocycles. The zero-order valence-electron chi connectivity index (χ0n) is 7.27. The average molecular weight is 139 g/mol. The topological polar surface area (TPSA) is 0 Å². The molecular formula is C10H19. The molecule has 0 aromatic carbocycles. The number of rotatable bonds is 3. The summed E-state index contributed by atoms with van der Waals surface area (Å²) in [5.74, 6) is 2.63. The van der Waals surface area contributed by atoms with Crippen LogP contribution in [0.5, 0.6) is 0 Å². The van der Waals surface area contributed by atoms with Crippen molar-refractivity contribution in [3.8, 4) is 0 Å². The Labute approximate surface area is 65.0 Å². The van der Waals surface area contributed by atoms with Crippen LogP contribution >= 0.6 is 0 Å². The Balaban J connectivity index is 2.13. The predicted molar refractivity (Wildman–Crippen MR) is 45.6 cm³/mol. The van der Waals surface area contributed by atoms with E-state index in [1.807, 2.05) is 0 Å². The van der Waals surface area contributed by atoms with E-state index < -0.39 is 0 Å². The summed E-state index contributed by atoms with van der Waals surface area (Å²) in [6.45, 7) is 8.62. The maximum absolute atomic E-state index is 4.02. The van der Waals surface area contributed by atoms with Gasteiger partial charge in [-0.3, -0.25) is 0 Å². The van der Waals surface area contributed by atoms with Crippen LogP contribution in [0, 0.1) is 24.7 Å². The zero-order valence-corrected chi connectivity index (χ0v) is 7.27. The fraction of sp³-hybridized carbons (Fsp3) is 0.900. The Morgan fingerprint density at radius 2 is 2.00 bits per heavy atom. The van der Waals surface area contributed by atoms with Crippen LogP contribution in [0.2, 0.25) is 0 Å². The quantitative estimate of drug-likeness (QED) is 0.563. The molecule has 0 aromatic rings. The SMILES string of the molecule is [CH2]C(C)CC(C)C1CCC1. The van der Waals surface area contributed by atoms with Crippen LogP contribution in [0.15, 0.2) is 0 Å². The summed E-state index contributed by atoms with van der Waals surface area (Å²) in [5, 5.41) is 0. The lowest BCUT2D eigenvalue weighted by molar-refractivity contribution is 0.199. The minimum atomic E-state index is 0.649. The molecule has 59 valence electrons. The lowest BCUT2D eigenvalue weighted by Crippen LogP contribution is -2.20. The van der Waals surface area contributed by atoms with Crippen LogP contribution in [-0.2, 0) is 0 Å². The number of hydrogen-bond donors (Lipinski definition) is 0. The van der Waals surface area contributed by atoms with Crippen molar-refractivity contribution in [1.29, 1.82) is 0 Å². The molecule has 1 rings (SSSR count). The van der Waals surface area contributed by atoms with Crippen LogP contribution in [-0.4, -0.2) is 0 Å². The Morgan fingerprint density at radius 3 is 2.30 bits per heavy atom. The van der Waals surface area contributed by atoms with Crippen LogP contribution in [0.1, 0.15) is 39.5 Å². The van der Waals surface area contributed by atoms with Crippen molar-refractivity contribution < 1.29 is 0 Å². The van der Waals surface area contributed by atoms with Gasteiger partial charge in [0.1, 0.15) is 0 Å². The maximum atomic E-state index is 4.02. The van der Waals surface area contributed by atoms with Crippen molar-refractivity contribution in [1.82, 2.24) is 0 Å². The Bertz CT molecular complexity index is 90.2. The van der Waals surface area contributed by atoms with Crippen molar-refractivity contribution in [2.45, 2.75) is 39.5 Å². The first-order chi connectivity index (χ1) is 4.70. The molecule has 1 aliphatic rings. The summed E-state index contributed by atoms with van der Waals surface area (Å²) in [6.07, 6.45) is 5.76. The van der Waals surface area contributed by atoms with Gasteiger partial charge in [-0.05, 0) is 24.2 Å². The molecular weight excluding hydrogens is 120 g/mol. The first kappa shape index (κ1) is 8.10. The van der Waals surface area contributed by atoms with Gasteiger partial charge >= 0.3 is 0 Å². The molecule has 0 nitrogen and oxygen atoms in total. The summed E-state index contributed by atoms with van der Waals surface area (Å²) in [6, 6.07) is 0. The fourth-order valence-corrected chi connectivity index (χ4v) is 1.84. The van der Waals surface area contributed by atoms with E-state index in [4.69, 9.17) is 0 Å². The molecule has 0 amide bonds. The van der Waals surface area contributed by atoms with Crippen molar-refractivity contribution in [2.75, 3.05) is 0 Å². The molecule has 0 heteroatoms. The van der Waals surface area contributed by atoms with Gasteiger partial charge < -0.3 is 0 Å². The Kier molecular flexibility index (Phi) is 2.76. The van der Waals surface area contributed by atoms with Gasteiger partial charge in [0, 0.05) is 0 Å². The molecule has 0 N–H and O–H groups in total. The summed E-state index contributed by atoms with van der Waals surface area (Å²) in [7, 11) is 0. The van der Waals surface area contributed by atoms with Crippen LogP contribution in [0.25, 0.3) is 0 Å². The van der Waals surface area contributed by atoms with Gasteiger partial charge in [0.25, 0.3) is 0 Å². The van der Waals surface area contributed by atoms with Crippen LogP contribution < -0.4 is 0 Å². The second kappa shape index (κ2) is 3.41. The highest BCUT2D eigenvalue weighted by atomic mass is 14.3. The van der Waals surface area contributed by atoms with Gasteiger partial charge in [-0.15, -0.1) is 0 Å². The molecule has 2 unspecified atom stereocenters. The van der Waals surface area contributed by atoms with Crippen LogP contribution in [0.4, 0.5) is 0 Å². The van der Waals surface area contributed by atoms with Crippen molar-refractivity contribution in [3.05, 3.63) is 6.92 Å². The molecule has 1 saturated carbocycles. The average Bonchev–Trinajstić information content (AvgIpc) is 1.55. The highest BCUT2D eigenvalue weighted by molar-refractivity contribution is 4.76. The fourth-order valence-electron chi connectivity index (χ4n) is 1.84. The van der Waals surface area contributed by atoms with Crippen molar-refractivity contribution in [2.24, 2.45) is 17.8 Å². The molecule has 0 heterocycles. The molecule has 0 spiro atoms. The zero-order chi connectivity index (χ0) is 7.56. The minimum absolute atomic E-state index is 0.649. The van der Waals surface area contributed by atoms with E-state index in [1.165, 1.54) is 25.7 Å². The largest absolute Gasteiger partial charge is 0.0625 e. The monoisotopic (exact) mass is 139 g/mol. The van der Waals surface area contributed by atoms with Gasteiger partial charge in [0.05, 0.1) is 0 Å². The molecule has 1 fully saturated rings. The van der Waals surface area contributed by atoms with Gasteiger partial charge in [-0.1, -0.05) is 40.0 Å². The van der Waals surface area contributed by atoms with E-state index in [1.54, 1.807) is 0 Å². The third kappa shape index (κ3) is 2.00. The van der Waals surface area contributed by atoms with Gasteiger partial charge in [0.15, 0.2) is 0 Å². The van der Waals surface area contributed by atoms with E-state index >= 15 is 0 Å². The van der Waals surface area contributed by atoms with E-state index in [0.29, 0.717) is 5.92 Å². The summed E-state index contributed by atoms with van der Waals surface area (Å²) in [4.78, 5) is 0. The van der Waals surface area contributed by atoms with Gasteiger partial charge in [0.2, 0.25) is 0 Å². The summed E-state index contributed by atoms with van der Waals surface area (Å²) >= 11 is 0. The first-order valence-electron chi connectivity index (χ1n) is 4.53. The molecule has 0 aliphatic heterocycles. The lowest BCUT2D eigenvalue weighted by atomic mass is 9.74. The summed E-state index contributed by atoms with van der Waals surface area (Å²) in [5.41, 5.74) is 0. The molecule has 2 atom stereocenters. The third-order valence-corrected chi connectivity index (χ3v) is 2.73. The maximum Gasteiger partial charge on any atom is -0.0388 e. The Hall–Kier alpha value is 0. The number of hydrogen-bond acceptors (Lipinski definition) is 0. The van der Waals surface area contributed by atoms with Crippen LogP contribution in [0.3, 0.4) is 0 Å². The molecule has 1 radical (unpaired) electrons. The molecule has 0 bridgehead atoms. The van der Waals surface area contributed by atoms with E-state index in [9.17, 15) is 0 Å². The molecule has 0 saturated heterocycles. The van der Waals surface area contributed by atoms with Gasteiger partial charge in [-0.2, -0.15) is 0 Å². The molecule has 0 aromatic heterocycles. The second-order valence-corrected chi connectivity index (χ2v) is 4.01.